The fraction of sp³-hybridized carbons (Fsp3) is 0.391. The lowest BCUT2D eigenvalue weighted by Crippen LogP contribution is -2.46. The minimum Gasteiger partial charge on any atom is -0.342 e. The quantitative estimate of drug-likeness (QED) is 0.613. The van der Waals surface area contributed by atoms with Gasteiger partial charge < -0.3 is 15.5 Å². The third kappa shape index (κ3) is 6.39. The van der Waals surface area contributed by atoms with Crippen molar-refractivity contribution in [1.29, 1.82) is 0 Å². The summed E-state index contributed by atoms with van der Waals surface area (Å²) in [6, 6.07) is 9.39. The topological polar surface area (TPSA) is 129 Å². The molecule has 1 aromatic carbocycles. The predicted octanol–water partition coefficient (Wildman–Crippen LogP) is 1.85. The number of amides is 3. The number of likely N-dealkylation sites (N-methyl/N-ethyl adjacent to an activating group) is 1. The van der Waals surface area contributed by atoms with Crippen molar-refractivity contribution in [3.8, 4) is 0 Å². The number of benzene rings is 1. The van der Waals surface area contributed by atoms with E-state index in [0.717, 1.165) is 9.87 Å². The Morgan fingerprint density at radius 2 is 1.74 bits per heavy atom. The number of nitrogens with one attached hydrogen (secondary N) is 2. The molecular formula is C23H29N5O5S. The summed E-state index contributed by atoms with van der Waals surface area (Å²) < 4.78 is 26.7. The Bertz CT molecular complexity index is 1160. The van der Waals surface area contributed by atoms with Crippen molar-refractivity contribution in [2.75, 3.05) is 37.3 Å². The van der Waals surface area contributed by atoms with E-state index in [4.69, 9.17) is 0 Å². The molecule has 0 atom stereocenters. The van der Waals surface area contributed by atoms with Crippen LogP contribution < -0.4 is 10.6 Å². The second kappa shape index (κ2) is 10.7. The Morgan fingerprint density at radius 1 is 1.09 bits per heavy atom. The van der Waals surface area contributed by atoms with Crippen molar-refractivity contribution in [2.45, 2.75) is 31.6 Å². The Balaban J connectivity index is 1.52. The molecule has 34 heavy (non-hydrogen) atoms. The van der Waals surface area contributed by atoms with Gasteiger partial charge in [-0.2, -0.15) is 4.31 Å². The van der Waals surface area contributed by atoms with Crippen LogP contribution >= 0.6 is 0 Å². The largest absolute Gasteiger partial charge is 0.342 e. The van der Waals surface area contributed by atoms with Gasteiger partial charge in [0.1, 0.15) is 5.82 Å². The molecule has 1 aliphatic rings. The van der Waals surface area contributed by atoms with Gasteiger partial charge in [-0.05, 0) is 61.7 Å². The summed E-state index contributed by atoms with van der Waals surface area (Å²) >= 11 is 0. The molecule has 0 aliphatic carbocycles. The molecule has 1 aromatic heterocycles. The van der Waals surface area contributed by atoms with Crippen molar-refractivity contribution in [3.05, 3.63) is 48.2 Å². The van der Waals surface area contributed by atoms with Gasteiger partial charge in [-0.1, -0.05) is 0 Å². The number of hydrogen-bond donors (Lipinski definition) is 2. The normalized spacial score (nSPS) is 14.6. The zero-order chi connectivity index (χ0) is 24.9. The second-order valence-corrected chi connectivity index (χ2v) is 10.4. The smallest absolute Gasteiger partial charge is 0.243 e. The van der Waals surface area contributed by atoms with Crippen LogP contribution in [-0.2, 0) is 24.4 Å². The summed E-state index contributed by atoms with van der Waals surface area (Å²) in [5.74, 6) is -0.449. The molecule has 182 valence electrons. The third-order valence-electron chi connectivity index (χ3n) is 5.63. The summed E-state index contributed by atoms with van der Waals surface area (Å²) in [7, 11) is -2.53. The van der Waals surface area contributed by atoms with Gasteiger partial charge in [-0.25, -0.2) is 13.4 Å². The Labute approximate surface area is 199 Å². The van der Waals surface area contributed by atoms with Crippen molar-refractivity contribution in [3.63, 3.8) is 0 Å². The van der Waals surface area contributed by atoms with Crippen LogP contribution in [0.15, 0.2) is 47.5 Å². The molecule has 3 amide bonds. The molecule has 0 radical (unpaired) electrons. The van der Waals surface area contributed by atoms with Gasteiger partial charge in [0.25, 0.3) is 0 Å². The summed E-state index contributed by atoms with van der Waals surface area (Å²) in [5, 5.41) is 5.39. The molecule has 0 spiro atoms. The predicted molar refractivity (Wildman–Crippen MR) is 127 cm³/mol. The van der Waals surface area contributed by atoms with E-state index in [-0.39, 0.29) is 35.1 Å². The fourth-order valence-electron chi connectivity index (χ4n) is 3.69. The molecule has 0 unspecified atom stereocenters. The first-order valence-corrected chi connectivity index (χ1v) is 12.4. The number of carbonyl (C=O) groups excluding carboxylic acids is 3. The molecule has 10 nitrogen and oxygen atoms in total. The van der Waals surface area contributed by atoms with Gasteiger partial charge in [-0.3, -0.25) is 14.4 Å². The molecule has 11 heteroatoms. The highest BCUT2D eigenvalue weighted by Gasteiger charge is 2.30. The maximum absolute atomic E-state index is 12.8. The van der Waals surface area contributed by atoms with E-state index in [0.29, 0.717) is 37.4 Å². The number of rotatable bonds is 7. The van der Waals surface area contributed by atoms with Crippen LogP contribution in [0.25, 0.3) is 0 Å². The van der Waals surface area contributed by atoms with E-state index >= 15 is 0 Å². The van der Waals surface area contributed by atoms with Crippen LogP contribution in [-0.4, -0.2) is 67.0 Å². The molecule has 3 rings (SSSR count). The first-order valence-electron chi connectivity index (χ1n) is 10.9. The third-order valence-corrected chi connectivity index (χ3v) is 7.44. The molecule has 0 saturated carbocycles. The molecule has 2 N–H and O–H groups in total. The van der Waals surface area contributed by atoms with Gasteiger partial charge in [0, 0.05) is 44.9 Å². The number of likely N-dealkylation sites (tertiary alicyclic amines) is 1. The minimum absolute atomic E-state index is 0.0250. The van der Waals surface area contributed by atoms with Gasteiger partial charge in [0.05, 0.1) is 11.4 Å². The number of anilines is 2. The van der Waals surface area contributed by atoms with Gasteiger partial charge >= 0.3 is 0 Å². The lowest BCUT2D eigenvalue weighted by molar-refractivity contribution is -0.134. The highest BCUT2D eigenvalue weighted by Crippen LogP contribution is 2.21. The Hall–Kier alpha value is -3.31. The first-order chi connectivity index (χ1) is 16.1. The van der Waals surface area contributed by atoms with E-state index in [1.165, 1.54) is 38.2 Å². The van der Waals surface area contributed by atoms with Crippen molar-refractivity contribution in [2.24, 2.45) is 5.92 Å². The molecule has 1 saturated heterocycles. The maximum atomic E-state index is 12.8. The van der Waals surface area contributed by atoms with E-state index in [1.807, 2.05) is 13.0 Å². The zero-order valence-corrected chi connectivity index (χ0v) is 20.3. The molecule has 2 aromatic rings. The number of pyridine rings is 1. The summed E-state index contributed by atoms with van der Waals surface area (Å²) in [4.78, 5) is 42.1. The van der Waals surface area contributed by atoms with Crippen LogP contribution in [0.3, 0.4) is 0 Å². The van der Waals surface area contributed by atoms with E-state index in [2.05, 4.69) is 15.6 Å². The minimum atomic E-state index is -3.88. The molecule has 2 heterocycles. The lowest BCUT2D eigenvalue weighted by atomic mass is 9.96. The molecular weight excluding hydrogens is 458 g/mol. The maximum Gasteiger partial charge on any atom is 0.243 e. The monoisotopic (exact) mass is 487 g/mol. The van der Waals surface area contributed by atoms with Crippen molar-refractivity contribution >= 4 is 39.3 Å². The number of carbonyl (C=O) groups is 3. The Kier molecular flexibility index (Phi) is 8.00. The molecule has 1 fully saturated rings. The van der Waals surface area contributed by atoms with E-state index < -0.39 is 10.0 Å². The van der Waals surface area contributed by atoms with Gasteiger partial charge in [0.2, 0.25) is 27.7 Å². The number of hydrogen-bond acceptors (Lipinski definition) is 6. The number of piperidine rings is 1. The van der Waals surface area contributed by atoms with Crippen LogP contribution in [0.5, 0.6) is 0 Å². The van der Waals surface area contributed by atoms with Gasteiger partial charge in [-0.15, -0.1) is 0 Å². The number of nitrogens with zero attached hydrogens (tertiary/aromatic N) is 3. The fourth-order valence-corrected chi connectivity index (χ4v) is 4.81. The van der Waals surface area contributed by atoms with E-state index in [1.54, 1.807) is 17.2 Å². The molecule has 1 aliphatic heterocycles. The average molecular weight is 488 g/mol. The zero-order valence-electron chi connectivity index (χ0n) is 19.4. The van der Waals surface area contributed by atoms with E-state index in [9.17, 15) is 22.8 Å². The highest BCUT2D eigenvalue weighted by atomic mass is 32.2. The van der Waals surface area contributed by atoms with Gasteiger partial charge in [0.15, 0.2) is 0 Å². The van der Waals surface area contributed by atoms with Crippen LogP contribution in [0.2, 0.25) is 0 Å². The van der Waals surface area contributed by atoms with Crippen LogP contribution in [0.4, 0.5) is 11.5 Å². The van der Waals surface area contributed by atoms with Crippen molar-refractivity contribution in [1.82, 2.24) is 14.2 Å². The van der Waals surface area contributed by atoms with Crippen LogP contribution in [0, 0.1) is 12.8 Å². The summed E-state index contributed by atoms with van der Waals surface area (Å²) in [6.45, 7) is 3.72. The Morgan fingerprint density at radius 3 is 2.32 bits per heavy atom. The van der Waals surface area contributed by atoms with Crippen LogP contribution in [0.1, 0.15) is 25.3 Å². The molecule has 0 bridgehead atoms. The standard InChI is InChI=1S/C23H29N5O5S/c1-16-8-11-24-21(14-16)26-23(31)18-9-12-28(13-10-18)22(30)15-27(3)34(32,33)20-6-4-19(5-7-20)25-17(2)29/h4-8,11,14,18H,9-10,12-13,15H2,1-3H3,(H,25,29)(H,24,26,31). The lowest BCUT2D eigenvalue weighted by Gasteiger charge is -2.32. The van der Waals surface area contributed by atoms with Crippen molar-refractivity contribution < 1.29 is 22.8 Å². The second-order valence-electron chi connectivity index (χ2n) is 8.33. The first kappa shape index (κ1) is 25.3. The SMILES string of the molecule is CC(=O)Nc1ccc(S(=O)(=O)N(C)CC(=O)N2CCC(C(=O)Nc3cc(C)ccn3)CC2)cc1. The number of aryl methyl sites for hydroxylation is 1. The summed E-state index contributed by atoms with van der Waals surface area (Å²) in [6.07, 6.45) is 2.61. The highest BCUT2D eigenvalue weighted by molar-refractivity contribution is 7.89. The number of sulfonamides is 1. The number of aromatic nitrogens is 1. The average Bonchev–Trinajstić information content (AvgIpc) is 2.79. The summed E-state index contributed by atoms with van der Waals surface area (Å²) in [5.41, 5.74) is 1.48.